The first-order chi connectivity index (χ1) is 14.1. The van der Waals surface area contributed by atoms with Gasteiger partial charge in [0.2, 0.25) is 0 Å². The van der Waals surface area contributed by atoms with Crippen LogP contribution in [0.4, 0.5) is 0 Å². The van der Waals surface area contributed by atoms with Gasteiger partial charge in [-0.3, -0.25) is 14.4 Å². The van der Waals surface area contributed by atoms with Gasteiger partial charge in [-0.25, -0.2) is 0 Å². The number of hydrogen-bond donors (Lipinski definition) is 2. The van der Waals surface area contributed by atoms with Gasteiger partial charge in [0.15, 0.2) is 11.5 Å². The lowest BCUT2D eigenvalue weighted by atomic mass is 10.1. The molecule has 0 unspecified atom stereocenters. The van der Waals surface area contributed by atoms with Gasteiger partial charge >= 0.3 is 11.1 Å². The third-order valence-electron chi connectivity index (χ3n) is 4.86. The number of fused-ring (bicyclic) bond motifs is 2. The zero-order valence-corrected chi connectivity index (χ0v) is 16.0. The maximum absolute atomic E-state index is 12.5. The van der Waals surface area contributed by atoms with Crippen molar-refractivity contribution in [3.05, 3.63) is 68.2 Å². The predicted octanol–water partition coefficient (Wildman–Crippen LogP) is 1.45. The van der Waals surface area contributed by atoms with Crippen LogP contribution in [0.1, 0.15) is 22.8 Å². The number of benzene rings is 2. The third kappa shape index (κ3) is 3.73. The minimum absolute atomic E-state index is 0.250. The number of nitrogens with zero attached hydrogens (tertiary/aromatic N) is 1. The SMILES string of the molecule is CCn1c(=O)c(=O)[nH]c2cc(C(=O)NCCc3ccc4c(c3)OCCO4)ccc21. The molecule has 0 atom stereocenters. The molecule has 29 heavy (non-hydrogen) atoms. The molecule has 150 valence electrons. The Balaban J connectivity index is 1.46. The molecule has 8 heteroatoms. The van der Waals surface area contributed by atoms with E-state index in [1.807, 2.05) is 18.2 Å². The van der Waals surface area contributed by atoms with E-state index in [9.17, 15) is 14.4 Å². The summed E-state index contributed by atoms with van der Waals surface area (Å²) < 4.78 is 12.5. The zero-order valence-electron chi connectivity index (χ0n) is 16.0. The minimum Gasteiger partial charge on any atom is -0.486 e. The fraction of sp³-hybridized carbons (Fsp3) is 0.286. The molecule has 0 bridgehead atoms. The Morgan fingerprint density at radius 1 is 1.10 bits per heavy atom. The van der Waals surface area contributed by atoms with Crippen molar-refractivity contribution in [2.75, 3.05) is 19.8 Å². The normalized spacial score (nSPS) is 12.7. The third-order valence-corrected chi connectivity index (χ3v) is 4.86. The van der Waals surface area contributed by atoms with Crippen LogP contribution in [-0.2, 0) is 13.0 Å². The zero-order chi connectivity index (χ0) is 20.4. The Morgan fingerprint density at radius 3 is 2.69 bits per heavy atom. The van der Waals surface area contributed by atoms with Crippen molar-refractivity contribution in [1.29, 1.82) is 0 Å². The number of amides is 1. The molecule has 0 radical (unpaired) electrons. The van der Waals surface area contributed by atoms with Gasteiger partial charge in [-0.1, -0.05) is 6.07 Å². The summed E-state index contributed by atoms with van der Waals surface area (Å²) in [4.78, 5) is 38.8. The number of aromatic amines is 1. The molecule has 1 aliphatic rings. The lowest BCUT2D eigenvalue weighted by Crippen LogP contribution is -2.36. The van der Waals surface area contributed by atoms with Gasteiger partial charge in [0, 0.05) is 18.7 Å². The van der Waals surface area contributed by atoms with Crippen molar-refractivity contribution < 1.29 is 14.3 Å². The number of nitrogens with one attached hydrogen (secondary N) is 2. The van der Waals surface area contributed by atoms with Crippen LogP contribution in [0.15, 0.2) is 46.0 Å². The van der Waals surface area contributed by atoms with Crippen LogP contribution in [-0.4, -0.2) is 35.2 Å². The molecular formula is C21H21N3O5. The second-order valence-corrected chi connectivity index (χ2v) is 6.72. The Labute approximate surface area is 166 Å². The topological polar surface area (TPSA) is 102 Å². The van der Waals surface area contributed by atoms with Crippen LogP contribution >= 0.6 is 0 Å². The highest BCUT2D eigenvalue weighted by Gasteiger charge is 2.13. The highest BCUT2D eigenvalue weighted by atomic mass is 16.6. The number of rotatable bonds is 5. The molecule has 0 saturated heterocycles. The molecule has 0 aliphatic carbocycles. The van der Waals surface area contributed by atoms with Gasteiger partial charge in [-0.05, 0) is 49.2 Å². The Morgan fingerprint density at radius 2 is 1.90 bits per heavy atom. The first kappa shape index (κ1) is 18.8. The van der Waals surface area contributed by atoms with Gasteiger partial charge in [-0.2, -0.15) is 0 Å². The summed E-state index contributed by atoms with van der Waals surface area (Å²) in [6.07, 6.45) is 0.641. The molecular weight excluding hydrogens is 374 g/mol. The standard InChI is InChI=1S/C21H21N3O5/c1-2-24-16-5-4-14(12-15(16)23-20(26)21(24)27)19(25)22-8-7-13-3-6-17-18(11-13)29-10-9-28-17/h3-6,11-12H,2,7-10H2,1H3,(H,22,25)(H,23,26). The quantitative estimate of drug-likeness (QED) is 0.637. The molecule has 4 rings (SSSR count). The summed E-state index contributed by atoms with van der Waals surface area (Å²) in [6, 6.07) is 10.6. The maximum Gasteiger partial charge on any atom is 0.316 e. The number of aryl methyl sites for hydroxylation is 1. The van der Waals surface area contributed by atoms with Gasteiger partial charge in [-0.15, -0.1) is 0 Å². The first-order valence-corrected chi connectivity index (χ1v) is 9.50. The molecule has 8 nitrogen and oxygen atoms in total. The van der Waals surface area contributed by atoms with Crippen molar-refractivity contribution in [2.24, 2.45) is 0 Å². The van der Waals surface area contributed by atoms with Crippen LogP contribution < -0.4 is 25.9 Å². The molecule has 2 N–H and O–H groups in total. The van der Waals surface area contributed by atoms with Crippen molar-refractivity contribution in [1.82, 2.24) is 14.9 Å². The smallest absolute Gasteiger partial charge is 0.316 e. The van der Waals surface area contributed by atoms with E-state index in [0.29, 0.717) is 49.3 Å². The van der Waals surface area contributed by atoms with Crippen LogP contribution in [0.25, 0.3) is 11.0 Å². The average molecular weight is 395 g/mol. The van der Waals surface area contributed by atoms with Crippen molar-refractivity contribution in [3.63, 3.8) is 0 Å². The molecule has 2 aromatic carbocycles. The highest BCUT2D eigenvalue weighted by Crippen LogP contribution is 2.30. The molecule has 2 heterocycles. The second kappa shape index (κ2) is 7.83. The maximum atomic E-state index is 12.5. The summed E-state index contributed by atoms with van der Waals surface area (Å²) in [5, 5.41) is 2.88. The van der Waals surface area contributed by atoms with Crippen molar-refractivity contribution >= 4 is 16.9 Å². The van der Waals surface area contributed by atoms with E-state index < -0.39 is 11.1 Å². The van der Waals surface area contributed by atoms with Crippen molar-refractivity contribution in [3.8, 4) is 11.5 Å². The number of carbonyl (C=O) groups is 1. The molecule has 0 saturated carbocycles. The summed E-state index contributed by atoms with van der Waals surface area (Å²) in [5.41, 5.74) is 1.19. The summed E-state index contributed by atoms with van der Waals surface area (Å²) in [6.45, 7) is 3.69. The number of aromatic nitrogens is 2. The van der Waals surface area contributed by atoms with E-state index in [0.717, 1.165) is 17.1 Å². The Kier molecular flexibility index (Phi) is 5.07. The Hall–Kier alpha value is -3.55. The van der Waals surface area contributed by atoms with Crippen LogP contribution in [0.5, 0.6) is 11.5 Å². The molecule has 1 amide bonds. The number of H-pyrrole nitrogens is 1. The molecule has 1 aliphatic heterocycles. The molecule has 1 aromatic heterocycles. The number of hydrogen-bond acceptors (Lipinski definition) is 5. The number of ether oxygens (including phenoxy) is 2. The van der Waals surface area contributed by atoms with Crippen LogP contribution in [0.2, 0.25) is 0 Å². The number of carbonyl (C=O) groups excluding carboxylic acids is 1. The van der Waals surface area contributed by atoms with E-state index in [-0.39, 0.29) is 5.91 Å². The van der Waals surface area contributed by atoms with Crippen LogP contribution in [0.3, 0.4) is 0 Å². The van der Waals surface area contributed by atoms with E-state index >= 15 is 0 Å². The average Bonchev–Trinajstić information content (AvgIpc) is 2.74. The summed E-state index contributed by atoms with van der Waals surface area (Å²) in [7, 11) is 0. The van der Waals surface area contributed by atoms with Gasteiger partial charge in [0.05, 0.1) is 11.0 Å². The minimum atomic E-state index is -0.699. The van der Waals surface area contributed by atoms with Crippen LogP contribution in [0, 0.1) is 0 Å². The Bertz CT molecular complexity index is 1200. The first-order valence-electron chi connectivity index (χ1n) is 9.50. The lowest BCUT2D eigenvalue weighted by molar-refractivity contribution is 0.0954. The van der Waals surface area contributed by atoms with E-state index in [1.54, 1.807) is 25.1 Å². The monoisotopic (exact) mass is 395 g/mol. The van der Waals surface area contributed by atoms with E-state index in [2.05, 4.69) is 10.3 Å². The van der Waals surface area contributed by atoms with Gasteiger partial charge < -0.3 is 24.3 Å². The lowest BCUT2D eigenvalue weighted by Gasteiger charge is -2.18. The second-order valence-electron chi connectivity index (χ2n) is 6.72. The molecule has 0 spiro atoms. The molecule has 3 aromatic rings. The largest absolute Gasteiger partial charge is 0.486 e. The van der Waals surface area contributed by atoms with E-state index in [4.69, 9.17) is 9.47 Å². The highest BCUT2D eigenvalue weighted by molar-refractivity contribution is 5.97. The fourth-order valence-electron chi connectivity index (χ4n) is 3.40. The predicted molar refractivity (Wildman–Crippen MR) is 108 cm³/mol. The van der Waals surface area contributed by atoms with Gasteiger partial charge in [0.25, 0.3) is 5.91 Å². The fourth-order valence-corrected chi connectivity index (χ4v) is 3.40. The van der Waals surface area contributed by atoms with Gasteiger partial charge in [0.1, 0.15) is 13.2 Å². The summed E-state index contributed by atoms with van der Waals surface area (Å²) in [5.74, 6) is 1.21. The molecule has 0 fully saturated rings. The van der Waals surface area contributed by atoms with Crippen molar-refractivity contribution in [2.45, 2.75) is 19.9 Å². The summed E-state index contributed by atoms with van der Waals surface area (Å²) >= 11 is 0. The van der Waals surface area contributed by atoms with E-state index in [1.165, 1.54) is 4.57 Å².